The monoisotopic (exact) mass is 192 g/mol. The number of allylic oxidation sites excluding steroid dienone is 2. The molecule has 0 radical (unpaired) electrons. The second-order valence-corrected chi connectivity index (χ2v) is 3.06. The lowest BCUT2D eigenvalue weighted by Gasteiger charge is -2.02. The van der Waals surface area contributed by atoms with Gasteiger partial charge in [0.2, 0.25) is 0 Å². The smallest absolute Gasteiger partial charge is 0.149 e. The predicted octanol–water partition coefficient (Wildman–Crippen LogP) is 3.41. The van der Waals surface area contributed by atoms with E-state index >= 15 is 0 Å². The summed E-state index contributed by atoms with van der Waals surface area (Å²) in [5.41, 5.74) is 1.02. The number of amidine groups is 1. The lowest BCUT2D eigenvalue weighted by atomic mass is 10.1. The van der Waals surface area contributed by atoms with Gasteiger partial charge in [-0.25, -0.2) is 4.99 Å². The maximum Gasteiger partial charge on any atom is 0.149 e. The Morgan fingerprint density at radius 2 is 2.14 bits per heavy atom. The molecule has 14 heavy (non-hydrogen) atoms. The molecule has 0 amide bonds. The molecule has 0 aliphatic heterocycles. The summed E-state index contributed by atoms with van der Waals surface area (Å²) < 4.78 is 0. The summed E-state index contributed by atoms with van der Waals surface area (Å²) in [6.45, 7) is 8.10. The molecule has 0 aromatic rings. The molecular formula is C12H20N2. The van der Waals surface area contributed by atoms with Crippen molar-refractivity contribution in [2.45, 2.75) is 33.1 Å². The van der Waals surface area contributed by atoms with E-state index in [2.05, 4.69) is 23.5 Å². The molecule has 0 bridgehead atoms. The highest BCUT2D eigenvalue weighted by Crippen LogP contribution is 2.07. The van der Waals surface area contributed by atoms with Gasteiger partial charge in [-0.15, -0.1) is 0 Å². The van der Waals surface area contributed by atoms with Crippen molar-refractivity contribution in [3.05, 3.63) is 24.3 Å². The third kappa shape index (κ3) is 5.46. The number of hydrogen-bond acceptors (Lipinski definition) is 1. The van der Waals surface area contributed by atoms with E-state index in [1.807, 2.05) is 19.1 Å². The van der Waals surface area contributed by atoms with Gasteiger partial charge in [0, 0.05) is 13.3 Å². The van der Waals surface area contributed by atoms with Crippen LogP contribution in [0.15, 0.2) is 34.3 Å². The fourth-order valence-corrected chi connectivity index (χ4v) is 1.01. The predicted molar refractivity (Wildman–Crippen MR) is 65.3 cm³/mol. The molecule has 0 saturated heterocycles. The maximum absolute atomic E-state index is 4.22. The van der Waals surface area contributed by atoms with E-state index in [9.17, 15) is 0 Å². The van der Waals surface area contributed by atoms with Gasteiger partial charge >= 0.3 is 0 Å². The van der Waals surface area contributed by atoms with Crippen LogP contribution in [0.25, 0.3) is 0 Å². The summed E-state index contributed by atoms with van der Waals surface area (Å²) in [6, 6.07) is 0. The molecule has 0 fully saturated rings. The highest BCUT2D eigenvalue weighted by molar-refractivity contribution is 6.03. The van der Waals surface area contributed by atoms with Gasteiger partial charge in [-0.2, -0.15) is 0 Å². The third-order valence-electron chi connectivity index (χ3n) is 1.84. The highest BCUT2D eigenvalue weighted by Gasteiger charge is 1.99. The summed E-state index contributed by atoms with van der Waals surface area (Å²) in [7, 11) is 1.75. The SMILES string of the molecule is C=C(CCCC)C(/N=C\C=C/C)=N/C. The number of hydrogen-bond donors (Lipinski definition) is 0. The zero-order chi connectivity index (χ0) is 10.8. The minimum absolute atomic E-state index is 0.761. The fraction of sp³-hybridized carbons (Fsp3) is 0.500. The van der Waals surface area contributed by atoms with Crippen molar-refractivity contribution >= 4 is 12.1 Å². The Balaban J connectivity index is 4.21. The second-order valence-electron chi connectivity index (χ2n) is 3.06. The van der Waals surface area contributed by atoms with Crippen molar-refractivity contribution in [1.29, 1.82) is 0 Å². The fourth-order valence-electron chi connectivity index (χ4n) is 1.01. The van der Waals surface area contributed by atoms with Gasteiger partial charge in [-0.1, -0.05) is 26.0 Å². The molecule has 0 spiro atoms. The van der Waals surface area contributed by atoms with Crippen LogP contribution in [0.3, 0.4) is 0 Å². The molecule has 78 valence electrons. The largest absolute Gasteiger partial charge is 0.270 e. The Labute approximate surface area is 87.2 Å². The molecule has 0 heterocycles. The van der Waals surface area contributed by atoms with Crippen molar-refractivity contribution in [2.24, 2.45) is 9.98 Å². The highest BCUT2D eigenvalue weighted by atomic mass is 14.9. The minimum atomic E-state index is 0.761. The van der Waals surface area contributed by atoms with Crippen LogP contribution >= 0.6 is 0 Å². The molecule has 0 aliphatic rings. The van der Waals surface area contributed by atoms with Crippen LogP contribution in [0.1, 0.15) is 33.1 Å². The lowest BCUT2D eigenvalue weighted by Crippen LogP contribution is -1.98. The van der Waals surface area contributed by atoms with Crippen molar-refractivity contribution < 1.29 is 0 Å². The second kappa shape index (κ2) is 8.42. The van der Waals surface area contributed by atoms with Gasteiger partial charge in [0.15, 0.2) is 0 Å². The van der Waals surface area contributed by atoms with E-state index in [1.165, 1.54) is 6.42 Å². The normalized spacial score (nSPS) is 12.9. The summed E-state index contributed by atoms with van der Waals surface area (Å²) in [5.74, 6) is 0.761. The summed E-state index contributed by atoms with van der Waals surface area (Å²) >= 11 is 0. The summed E-state index contributed by atoms with van der Waals surface area (Å²) in [4.78, 5) is 8.32. The first-order valence-electron chi connectivity index (χ1n) is 5.06. The number of rotatable bonds is 5. The topological polar surface area (TPSA) is 24.7 Å². The molecule has 0 aliphatic carbocycles. The van der Waals surface area contributed by atoms with Crippen LogP contribution in [-0.4, -0.2) is 19.1 Å². The first kappa shape index (κ1) is 12.8. The van der Waals surface area contributed by atoms with E-state index in [0.29, 0.717) is 0 Å². The van der Waals surface area contributed by atoms with Crippen molar-refractivity contribution in [3.63, 3.8) is 0 Å². The molecule has 0 aromatic heterocycles. The van der Waals surface area contributed by atoms with Crippen LogP contribution in [-0.2, 0) is 0 Å². The lowest BCUT2D eigenvalue weighted by molar-refractivity contribution is 0.803. The molecule has 0 atom stereocenters. The third-order valence-corrected chi connectivity index (χ3v) is 1.84. The zero-order valence-corrected chi connectivity index (χ0v) is 9.45. The molecule has 0 aromatic carbocycles. The molecule has 0 N–H and O–H groups in total. The average molecular weight is 192 g/mol. The first-order valence-corrected chi connectivity index (χ1v) is 5.06. The van der Waals surface area contributed by atoms with Gasteiger partial charge in [0.05, 0.1) is 0 Å². The summed E-state index contributed by atoms with van der Waals surface area (Å²) in [5, 5.41) is 0. The molecular weight excluding hydrogens is 172 g/mol. The van der Waals surface area contributed by atoms with Crippen LogP contribution in [0.4, 0.5) is 0 Å². The molecule has 0 rings (SSSR count). The van der Waals surface area contributed by atoms with E-state index < -0.39 is 0 Å². The van der Waals surface area contributed by atoms with E-state index in [-0.39, 0.29) is 0 Å². The van der Waals surface area contributed by atoms with Crippen LogP contribution in [0.2, 0.25) is 0 Å². The van der Waals surface area contributed by atoms with Gasteiger partial charge in [-0.05, 0) is 31.4 Å². The van der Waals surface area contributed by atoms with Gasteiger partial charge in [0.1, 0.15) is 5.84 Å². The average Bonchev–Trinajstić information content (AvgIpc) is 2.21. The van der Waals surface area contributed by atoms with Gasteiger partial charge in [0.25, 0.3) is 0 Å². The van der Waals surface area contributed by atoms with Crippen LogP contribution < -0.4 is 0 Å². The van der Waals surface area contributed by atoms with Gasteiger partial charge in [-0.3, -0.25) is 4.99 Å². The minimum Gasteiger partial charge on any atom is -0.270 e. The zero-order valence-electron chi connectivity index (χ0n) is 9.45. The van der Waals surface area contributed by atoms with E-state index in [4.69, 9.17) is 0 Å². The first-order chi connectivity index (χ1) is 6.76. The summed E-state index contributed by atoms with van der Waals surface area (Å²) in [6.07, 6.45) is 8.88. The Hall–Kier alpha value is -1.18. The molecule has 2 heteroatoms. The van der Waals surface area contributed by atoms with Crippen molar-refractivity contribution in [3.8, 4) is 0 Å². The van der Waals surface area contributed by atoms with Crippen LogP contribution in [0.5, 0.6) is 0 Å². The number of aliphatic imine (C=N–C) groups is 2. The standard InChI is InChI=1S/C12H20N2/c1-5-7-9-11(3)12(13-4)14-10-8-6-2/h6,8,10H,3,5,7,9H2,1-2,4H3/b8-6-,13-12-,14-10-. The Bertz CT molecular complexity index is 247. The van der Waals surface area contributed by atoms with Crippen molar-refractivity contribution in [1.82, 2.24) is 0 Å². The van der Waals surface area contributed by atoms with E-state index in [1.54, 1.807) is 13.3 Å². The quantitative estimate of drug-likeness (QED) is 0.471. The Morgan fingerprint density at radius 3 is 2.64 bits per heavy atom. The molecule has 0 saturated carbocycles. The van der Waals surface area contributed by atoms with Crippen LogP contribution in [0, 0.1) is 0 Å². The van der Waals surface area contributed by atoms with Gasteiger partial charge < -0.3 is 0 Å². The maximum atomic E-state index is 4.22. The van der Waals surface area contributed by atoms with Crippen molar-refractivity contribution in [2.75, 3.05) is 7.05 Å². The Morgan fingerprint density at radius 1 is 1.43 bits per heavy atom. The van der Waals surface area contributed by atoms with E-state index in [0.717, 1.165) is 24.3 Å². The Kier molecular flexibility index (Phi) is 7.71. The molecule has 2 nitrogen and oxygen atoms in total. The molecule has 0 unspecified atom stereocenters. The number of unbranched alkanes of at least 4 members (excludes halogenated alkanes) is 1. The number of nitrogens with zero attached hydrogens (tertiary/aromatic N) is 2.